The Labute approximate surface area is 201 Å². The second kappa shape index (κ2) is 10.1. The van der Waals surface area contributed by atoms with Gasteiger partial charge in [0.2, 0.25) is 5.89 Å². The first-order valence-corrected chi connectivity index (χ1v) is 12.3. The Morgan fingerprint density at radius 1 is 1.21 bits per heavy atom. The molecule has 0 spiro atoms. The Morgan fingerprint density at radius 3 is 2.74 bits per heavy atom. The highest BCUT2D eigenvalue weighted by molar-refractivity contribution is 5.94. The number of carbonyl (C=O) groups excluding carboxylic acids is 1. The predicted octanol–water partition coefficient (Wildman–Crippen LogP) is 4.52. The van der Waals surface area contributed by atoms with Gasteiger partial charge in [-0.05, 0) is 57.0 Å². The zero-order valence-electron chi connectivity index (χ0n) is 21.0. The van der Waals surface area contributed by atoms with Gasteiger partial charge in [-0.2, -0.15) is 5.10 Å². The van der Waals surface area contributed by atoms with Crippen LogP contribution >= 0.6 is 0 Å². The van der Waals surface area contributed by atoms with E-state index < -0.39 is 0 Å². The van der Waals surface area contributed by atoms with Crippen LogP contribution in [0.3, 0.4) is 0 Å². The molecule has 1 aromatic carbocycles. The second-order valence-corrected chi connectivity index (χ2v) is 10.2. The summed E-state index contributed by atoms with van der Waals surface area (Å²) in [4.78, 5) is 15.4. The van der Waals surface area contributed by atoms with Crippen LogP contribution in [0.1, 0.15) is 75.3 Å². The maximum atomic E-state index is 12.9. The number of rotatable bonds is 7. The fourth-order valence-electron chi connectivity index (χ4n) is 4.47. The minimum atomic E-state index is -0.176. The molecule has 1 N–H and O–H groups in total. The number of piperidine rings is 1. The molecule has 8 heteroatoms. The van der Waals surface area contributed by atoms with Crippen molar-refractivity contribution in [2.45, 2.75) is 71.8 Å². The number of amides is 1. The van der Waals surface area contributed by atoms with Gasteiger partial charge in [-0.1, -0.05) is 33.3 Å². The highest BCUT2D eigenvalue weighted by atomic mass is 16.4. The largest absolute Gasteiger partial charge is 0.420 e. The monoisotopic (exact) mass is 464 g/mol. The lowest BCUT2D eigenvalue weighted by molar-refractivity contribution is 0.0949. The topological polar surface area (TPSA) is 89.1 Å². The Kier molecular flexibility index (Phi) is 7.16. The first kappa shape index (κ1) is 24.1. The van der Waals surface area contributed by atoms with Gasteiger partial charge in [0.15, 0.2) is 0 Å². The van der Waals surface area contributed by atoms with Gasteiger partial charge in [-0.3, -0.25) is 4.79 Å². The van der Waals surface area contributed by atoms with E-state index in [1.54, 1.807) is 6.92 Å². The van der Waals surface area contributed by atoms with Crippen LogP contribution in [-0.2, 0) is 5.41 Å². The molecule has 1 atom stereocenters. The molecule has 1 saturated heterocycles. The van der Waals surface area contributed by atoms with E-state index in [1.165, 1.54) is 25.8 Å². The van der Waals surface area contributed by atoms with Crippen molar-refractivity contribution in [2.75, 3.05) is 19.6 Å². The Hall–Kier alpha value is -3.00. The van der Waals surface area contributed by atoms with Gasteiger partial charge in [0.1, 0.15) is 5.69 Å². The normalized spacial score (nSPS) is 17.1. The van der Waals surface area contributed by atoms with Crippen molar-refractivity contribution >= 4 is 5.91 Å². The van der Waals surface area contributed by atoms with E-state index >= 15 is 0 Å². The fraction of sp³-hybridized carbons (Fsp3) is 0.538. The minimum Gasteiger partial charge on any atom is -0.420 e. The smallest absolute Gasteiger partial charge is 0.268 e. The average Bonchev–Trinajstić information content (AvgIpc) is 3.44. The molecule has 0 radical (unpaired) electrons. The number of carbonyl (C=O) groups is 1. The lowest BCUT2D eigenvalue weighted by Crippen LogP contribution is -2.39. The van der Waals surface area contributed by atoms with Crippen molar-refractivity contribution < 1.29 is 9.21 Å². The number of nitrogens with zero attached hydrogens (tertiary/aromatic N) is 5. The molecule has 1 aliphatic rings. The van der Waals surface area contributed by atoms with Crippen molar-refractivity contribution in [3.05, 3.63) is 47.5 Å². The van der Waals surface area contributed by atoms with Gasteiger partial charge in [0.25, 0.3) is 11.8 Å². The lowest BCUT2D eigenvalue weighted by Gasteiger charge is -2.33. The lowest BCUT2D eigenvalue weighted by atomic mass is 9.91. The molecule has 0 unspecified atom stereocenters. The van der Waals surface area contributed by atoms with E-state index in [1.807, 2.05) is 35.0 Å². The van der Waals surface area contributed by atoms with Crippen molar-refractivity contribution in [1.82, 2.24) is 30.2 Å². The summed E-state index contributed by atoms with van der Waals surface area (Å²) in [6, 6.07) is 10.2. The summed E-state index contributed by atoms with van der Waals surface area (Å²) in [5, 5.41) is 15.9. The summed E-state index contributed by atoms with van der Waals surface area (Å²) in [6.45, 7) is 13.3. The summed E-state index contributed by atoms with van der Waals surface area (Å²) in [5.41, 5.74) is 2.87. The third-order valence-electron chi connectivity index (χ3n) is 6.42. The Morgan fingerprint density at radius 2 is 2.03 bits per heavy atom. The fourth-order valence-corrected chi connectivity index (χ4v) is 4.47. The minimum absolute atomic E-state index is 0.0641. The molecular formula is C26H36N6O2. The van der Waals surface area contributed by atoms with Gasteiger partial charge < -0.3 is 14.6 Å². The van der Waals surface area contributed by atoms with E-state index in [2.05, 4.69) is 48.1 Å². The molecule has 4 rings (SSSR count). The number of benzene rings is 1. The van der Waals surface area contributed by atoms with Crippen molar-refractivity contribution in [2.24, 2.45) is 0 Å². The molecule has 1 amide bonds. The van der Waals surface area contributed by atoms with Gasteiger partial charge in [0.05, 0.1) is 11.4 Å². The summed E-state index contributed by atoms with van der Waals surface area (Å²) in [7, 11) is 0. The average molecular weight is 465 g/mol. The number of hydrogen-bond acceptors (Lipinski definition) is 6. The zero-order valence-corrected chi connectivity index (χ0v) is 21.0. The molecule has 182 valence electrons. The van der Waals surface area contributed by atoms with Crippen LogP contribution in [-0.4, -0.2) is 56.5 Å². The van der Waals surface area contributed by atoms with Gasteiger partial charge in [0, 0.05) is 37.0 Å². The van der Waals surface area contributed by atoms with Crippen LogP contribution in [0.2, 0.25) is 0 Å². The van der Waals surface area contributed by atoms with Gasteiger partial charge in [-0.15, -0.1) is 10.2 Å². The standard InChI is InChI=1S/C26H36N6O2/c1-18-10-6-7-14-31(18)15-9-13-27-24(33)20-11-8-12-21(16-20)32-23(26(3,4)5)17-22(30-32)25-29-28-19(2)34-25/h8,11-12,16-18H,6-7,9-10,13-15H2,1-5H3,(H,27,33)/t18-/m1/s1. The molecule has 0 aliphatic carbocycles. The van der Waals surface area contributed by atoms with Crippen LogP contribution in [0.4, 0.5) is 0 Å². The number of nitrogens with one attached hydrogen (secondary N) is 1. The maximum absolute atomic E-state index is 12.9. The van der Waals surface area contributed by atoms with Crippen molar-refractivity contribution in [3.8, 4) is 17.3 Å². The summed E-state index contributed by atoms with van der Waals surface area (Å²) < 4.78 is 7.45. The highest BCUT2D eigenvalue weighted by Gasteiger charge is 2.24. The third kappa shape index (κ3) is 5.55. The van der Waals surface area contributed by atoms with Crippen LogP contribution < -0.4 is 5.32 Å². The summed E-state index contributed by atoms with van der Waals surface area (Å²) in [5.74, 6) is 0.819. The summed E-state index contributed by atoms with van der Waals surface area (Å²) in [6.07, 6.45) is 4.84. The van der Waals surface area contributed by atoms with E-state index in [9.17, 15) is 4.79 Å². The first-order chi connectivity index (χ1) is 16.2. The van der Waals surface area contributed by atoms with Crippen LogP contribution in [0.5, 0.6) is 0 Å². The zero-order chi connectivity index (χ0) is 24.3. The Bertz CT molecular complexity index is 1130. The van der Waals surface area contributed by atoms with Crippen molar-refractivity contribution in [3.63, 3.8) is 0 Å². The summed E-state index contributed by atoms with van der Waals surface area (Å²) >= 11 is 0. The van der Waals surface area contributed by atoms with Crippen LogP contribution in [0.15, 0.2) is 34.7 Å². The molecule has 34 heavy (non-hydrogen) atoms. The molecule has 3 aromatic rings. The second-order valence-electron chi connectivity index (χ2n) is 10.2. The van der Waals surface area contributed by atoms with Crippen LogP contribution in [0, 0.1) is 6.92 Å². The molecule has 0 saturated carbocycles. The van der Waals surface area contributed by atoms with Gasteiger partial charge >= 0.3 is 0 Å². The molecule has 3 heterocycles. The number of likely N-dealkylation sites (tertiary alicyclic amines) is 1. The molecule has 2 aromatic heterocycles. The first-order valence-electron chi connectivity index (χ1n) is 12.3. The molecule has 0 bridgehead atoms. The third-order valence-corrected chi connectivity index (χ3v) is 6.42. The maximum Gasteiger partial charge on any atom is 0.268 e. The van der Waals surface area contributed by atoms with E-state index in [4.69, 9.17) is 9.52 Å². The molecular weight excluding hydrogens is 428 g/mol. The van der Waals surface area contributed by atoms with Crippen molar-refractivity contribution in [1.29, 1.82) is 0 Å². The SMILES string of the molecule is Cc1nnc(-c2cc(C(C)(C)C)n(-c3cccc(C(=O)NCCCN4CCCC[C@H]4C)c3)n2)o1. The number of hydrogen-bond donors (Lipinski definition) is 1. The molecule has 1 fully saturated rings. The highest BCUT2D eigenvalue weighted by Crippen LogP contribution is 2.29. The van der Waals surface area contributed by atoms with Gasteiger partial charge in [-0.25, -0.2) is 4.68 Å². The molecule has 1 aliphatic heterocycles. The van der Waals surface area contributed by atoms with E-state index in [0.717, 1.165) is 24.3 Å². The Balaban J connectivity index is 1.47. The van der Waals surface area contributed by atoms with E-state index in [-0.39, 0.29) is 11.3 Å². The van der Waals surface area contributed by atoms with E-state index in [0.29, 0.717) is 35.6 Å². The number of aryl methyl sites for hydroxylation is 1. The quantitative estimate of drug-likeness (QED) is 0.517. The predicted molar refractivity (Wildman–Crippen MR) is 132 cm³/mol. The number of aromatic nitrogens is 4. The van der Waals surface area contributed by atoms with Crippen LogP contribution in [0.25, 0.3) is 17.3 Å². The molecule has 8 nitrogen and oxygen atoms in total.